The third-order valence-corrected chi connectivity index (χ3v) is 5.10. The predicted octanol–water partition coefficient (Wildman–Crippen LogP) is 3.83. The molecule has 35 heavy (non-hydrogen) atoms. The SMILES string of the molecule is CCCCN(Cc1ccccc1)c1nc(NCCOCCOCCN)nc(Nc2ccccc2)n1. The van der Waals surface area contributed by atoms with Crippen LogP contribution >= 0.6 is 0 Å². The van der Waals surface area contributed by atoms with Crippen molar-refractivity contribution in [2.75, 3.05) is 61.6 Å². The summed E-state index contributed by atoms with van der Waals surface area (Å²) in [5.74, 6) is 1.63. The van der Waals surface area contributed by atoms with E-state index in [1.54, 1.807) is 0 Å². The fraction of sp³-hybridized carbons (Fsp3) is 0.423. The van der Waals surface area contributed by atoms with Crippen molar-refractivity contribution in [3.05, 3.63) is 66.2 Å². The molecule has 0 aliphatic carbocycles. The number of unbranched alkanes of at least 4 members (excludes halogenated alkanes) is 1. The lowest BCUT2D eigenvalue weighted by Crippen LogP contribution is -2.27. The van der Waals surface area contributed by atoms with Gasteiger partial charge in [0, 0.05) is 31.9 Å². The second-order valence-electron chi connectivity index (χ2n) is 7.97. The van der Waals surface area contributed by atoms with Gasteiger partial charge in [-0.15, -0.1) is 0 Å². The van der Waals surface area contributed by atoms with Crippen LogP contribution in [0.3, 0.4) is 0 Å². The first kappa shape index (κ1) is 26.3. The van der Waals surface area contributed by atoms with Crippen LogP contribution in [-0.2, 0) is 16.0 Å². The van der Waals surface area contributed by atoms with Gasteiger partial charge in [-0.3, -0.25) is 0 Å². The summed E-state index contributed by atoms with van der Waals surface area (Å²) in [5.41, 5.74) is 7.54. The topological polar surface area (TPSA) is 110 Å². The van der Waals surface area contributed by atoms with Crippen molar-refractivity contribution in [1.82, 2.24) is 15.0 Å². The van der Waals surface area contributed by atoms with Crippen molar-refractivity contribution in [2.45, 2.75) is 26.3 Å². The molecule has 188 valence electrons. The molecule has 0 radical (unpaired) electrons. The number of rotatable bonds is 17. The molecule has 4 N–H and O–H groups in total. The van der Waals surface area contributed by atoms with E-state index in [4.69, 9.17) is 25.2 Å². The second kappa shape index (κ2) is 15.6. The molecule has 0 aliphatic heterocycles. The molecule has 0 fully saturated rings. The first-order valence-electron chi connectivity index (χ1n) is 12.2. The Hall–Kier alpha value is -3.27. The third-order valence-electron chi connectivity index (χ3n) is 5.10. The zero-order valence-electron chi connectivity index (χ0n) is 20.5. The quantitative estimate of drug-likeness (QED) is 0.249. The molecule has 1 heterocycles. The van der Waals surface area contributed by atoms with Crippen LogP contribution in [0.5, 0.6) is 0 Å². The summed E-state index contributed by atoms with van der Waals surface area (Å²) in [6.45, 7) is 6.96. The molecular weight excluding hydrogens is 442 g/mol. The zero-order chi connectivity index (χ0) is 24.6. The Morgan fingerprint density at radius 3 is 2.23 bits per heavy atom. The molecule has 0 amide bonds. The Labute approximate surface area is 208 Å². The van der Waals surface area contributed by atoms with E-state index < -0.39 is 0 Å². The number of nitrogens with zero attached hydrogens (tertiary/aromatic N) is 4. The lowest BCUT2D eigenvalue weighted by molar-refractivity contribution is 0.0547. The van der Waals surface area contributed by atoms with E-state index in [0.29, 0.717) is 57.4 Å². The van der Waals surface area contributed by atoms with Gasteiger partial charge in [0.05, 0.1) is 26.4 Å². The number of para-hydroxylation sites is 1. The highest BCUT2D eigenvalue weighted by Crippen LogP contribution is 2.20. The van der Waals surface area contributed by atoms with E-state index in [9.17, 15) is 0 Å². The molecule has 0 unspecified atom stereocenters. The minimum atomic E-state index is 0.495. The summed E-state index contributed by atoms with van der Waals surface area (Å²) in [6, 6.07) is 20.3. The van der Waals surface area contributed by atoms with E-state index in [1.807, 2.05) is 36.4 Å². The predicted molar refractivity (Wildman–Crippen MR) is 141 cm³/mol. The van der Waals surface area contributed by atoms with Crippen LogP contribution in [0.1, 0.15) is 25.3 Å². The van der Waals surface area contributed by atoms with Crippen LogP contribution in [0, 0.1) is 0 Å². The van der Waals surface area contributed by atoms with Gasteiger partial charge in [0.15, 0.2) is 0 Å². The van der Waals surface area contributed by atoms with Gasteiger partial charge in [0.25, 0.3) is 0 Å². The number of hydrogen-bond donors (Lipinski definition) is 3. The van der Waals surface area contributed by atoms with Crippen LogP contribution in [0.2, 0.25) is 0 Å². The highest BCUT2D eigenvalue weighted by Gasteiger charge is 2.14. The van der Waals surface area contributed by atoms with Gasteiger partial charge < -0.3 is 30.7 Å². The van der Waals surface area contributed by atoms with Gasteiger partial charge in [-0.25, -0.2) is 0 Å². The van der Waals surface area contributed by atoms with Crippen molar-refractivity contribution in [3.63, 3.8) is 0 Å². The summed E-state index contributed by atoms with van der Waals surface area (Å²) in [7, 11) is 0. The molecule has 0 saturated carbocycles. The number of nitrogens with two attached hydrogens (primary N) is 1. The van der Waals surface area contributed by atoms with E-state index in [0.717, 1.165) is 31.6 Å². The van der Waals surface area contributed by atoms with Crippen LogP contribution in [0.15, 0.2) is 60.7 Å². The van der Waals surface area contributed by atoms with Gasteiger partial charge in [-0.1, -0.05) is 61.9 Å². The third kappa shape index (κ3) is 9.86. The van der Waals surface area contributed by atoms with Crippen molar-refractivity contribution in [3.8, 4) is 0 Å². The fourth-order valence-corrected chi connectivity index (χ4v) is 3.33. The van der Waals surface area contributed by atoms with E-state index >= 15 is 0 Å². The first-order chi connectivity index (χ1) is 17.3. The Morgan fingerprint density at radius 2 is 1.51 bits per heavy atom. The van der Waals surface area contributed by atoms with E-state index in [1.165, 1.54) is 5.56 Å². The van der Waals surface area contributed by atoms with Crippen molar-refractivity contribution in [2.24, 2.45) is 5.73 Å². The number of ether oxygens (including phenoxy) is 2. The summed E-state index contributed by atoms with van der Waals surface area (Å²) in [5, 5.41) is 6.58. The smallest absolute Gasteiger partial charge is 0.233 e. The Morgan fingerprint density at radius 1 is 0.829 bits per heavy atom. The maximum absolute atomic E-state index is 5.61. The maximum atomic E-state index is 5.61. The standard InChI is InChI=1S/C26H37N7O2/c1-2-3-16-33(21-22-10-6-4-7-11-22)26-31-24(28-15-18-35-20-19-34-17-14-27)30-25(32-26)29-23-12-8-5-9-13-23/h4-13H,2-3,14-21,27H2,1H3,(H2,28,29,30,31,32). The summed E-state index contributed by atoms with van der Waals surface area (Å²) >= 11 is 0. The molecule has 3 aromatic rings. The lowest BCUT2D eigenvalue weighted by atomic mass is 10.2. The zero-order valence-corrected chi connectivity index (χ0v) is 20.5. The Balaban J connectivity index is 1.72. The van der Waals surface area contributed by atoms with Crippen LogP contribution in [0.25, 0.3) is 0 Å². The number of anilines is 4. The van der Waals surface area contributed by atoms with Gasteiger partial charge in [-0.05, 0) is 24.1 Å². The summed E-state index contributed by atoms with van der Waals surface area (Å²) < 4.78 is 10.9. The molecule has 9 heteroatoms. The minimum Gasteiger partial charge on any atom is -0.378 e. The first-order valence-corrected chi connectivity index (χ1v) is 12.2. The number of nitrogens with one attached hydrogen (secondary N) is 2. The fourth-order valence-electron chi connectivity index (χ4n) is 3.33. The highest BCUT2D eigenvalue weighted by molar-refractivity contribution is 5.55. The Bertz CT molecular complexity index is 960. The summed E-state index contributed by atoms with van der Waals surface area (Å²) in [6.07, 6.45) is 2.13. The van der Waals surface area contributed by atoms with Crippen molar-refractivity contribution in [1.29, 1.82) is 0 Å². The number of aromatic nitrogens is 3. The maximum Gasteiger partial charge on any atom is 0.233 e. The normalized spacial score (nSPS) is 10.8. The molecular formula is C26H37N7O2. The molecule has 2 aromatic carbocycles. The second-order valence-corrected chi connectivity index (χ2v) is 7.97. The van der Waals surface area contributed by atoms with Crippen LogP contribution < -0.4 is 21.3 Å². The van der Waals surface area contributed by atoms with Gasteiger partial charge in [-0.2, -0.15) is 15.0 Å². The molecule has 0 spiro atoms. The average molecular weight is 480 g/mol. The number of hydrogen-bond acceptors (Lipinski definition) is 9. The van der Waals surface area contributed by atoms with Gasteiger partial charge in [0.2, 0.25) is 17.8 Å². The van der Waals surface area contributed by atoms with E-state index in [-0.39, 0.29) is 0 Å². The molecule has 0 bridgehead atoms. The van der Waals surface area contributed by atoms with Gasteiger partial charge >= 0.3 is 0 Å². The summed E-state index contributed by atoms with van der Waals surface area (Å²) in [4.78, 5) is 16.3. The average Bonchev–Trinajstić information content (AvgIpc) is 2.89. The number of benzene rings is 2. The Kier molecular flexibility index (Phi) is 11.7. The van der Waals surface area contributed by atoms with Crippen LogP contribution in [-0.4, -0.2) is 61.0 Å². The van der Waals surface area contributed by atoms with Crippen molar-refractivity contribution < 1.29 is 9.47 Å². The van der Waals surface area contributed by atoms with E-state index in [2.05, 4.69) is 51.7 Å². The molecule has 1 aromatic heterocycles. The molecule has 0 saturated heterocycles. The lowest BCUT2D eigenvalue weighted by Gasteiger charge is -2.23. The molecule has 0 atom stereocenters. The molecule has 9 nitrogen and oxygen atoms in total. The van der Waals surface area contributed by atoms with Crippen molar-refractivity contribution >= 4 is 23.5 Å². The molecule has 0 aliphatic rings. The largest absolute Gasteiger partial charge is 0.378 e. The minimum absolute atomic E-state index is 0.495. The van der Waals surface area contributed by atoms with Gasteiger partial charge in [0.1, 0.15) is 0 Å². The molecule has 3 rings (SSSR count). The monoisotopic (exact) mass is 479 g/mol. The highest BCUT2D eigenvalue weighted by atomic mass is 16.5. The van der Waals surface area contributed by atoms with Crippen LogP contribution in [0.4, 0.5) is 23.5 Å².